The van der Waals surface area contributed by atoms with Gasteiger partial charge in [0, 0.05) is 5.69 Å². The third-order valence-electron chi connectivity index (χ3n) is 1.45. The molecule has 8 heteroatoms. The third kappa shape index (κ3) is 2.19. The van der Waals surface area contributed by atoms with Crippen LogP contribution < -0.4 is 11.5 Å². The van der Waals surface area contributed by atoms with Crippen LogP contribution in [0.5, 0.6) is 0 Å². The van der Waals surface area contributed by atoms with Crippen LogP contribution in [0.15, 0.2) is 23.1 Å². The lowest BCUT2D eigenvalue weighted by molar-refractivity contribution is 0.365. The quantitative estimate of drug-likeness (QED) is 0.577. The molecule has 14 heavy (non-hydrogen) atoms. The predicted octanol–water partition coefficient (Wildman–Crippen LogP) is 3.51. The topological polar surface area (TPSA) is 52.0 Å². The number of anilines is 2. The van der Waals surface area contributed by atoms with Crippen molar-refractivity contribution < 1.29 is 19.4 Å². The van der Waals surface area contributed by atoms with Crippen LogP contribution in [0, 0.1) is 0 Å². The fraction of sp³-hybridized carbons (Fsp3) is 0. The normalized spacial score (nSPS) is 17.2. The Bertz CT molecular complexity index is 384. The summed E-state index contributed by atoms with van der Waals surface area (Å²) in [5, 5.41) is 0. The average molecular weight is 234 g/mol. The van der Waals surface area contributed by atoms with Crippen molar-refractivity contribution in [3.05, 3.63) is 18.2 Å². The average Bonchev–Trinajstić information content (AvgIpc) is 1.79. The molecule has 1 rings (SSSR count). The Labute approximate surface area is 76.4 Å². The number of hydrogen-bond donors (Lipinski definition) is 2. The first-order valence-corrected chi connectivity index (χ1v) is 5.24. The first-order valence-electron chi connectivity index (χ1n) is 3.29. The van der Waals surface area contributed by atoms with Crippen molar-refractivity contribution in [1.29, 1.82) is 0 Å². The highest BCUT2D eigenvalue weighted by atomic mass is 32.5. The smallest absolute Gasteiger partial charge is 0.312 e. The molecule has 0 aromatic heterocycles. The highest BCUT2D eigenvalue weighted by molar-refractivity contribution is 8.45. The van der Waals surface area contributed by atoms with Gasteiger partial charge < -0.3 is 11.5 Å². The predicted molar refractivity (Wildman–Crippen MR) is 46.7 cm³/mol. The first-order chi connectivity index (χ1) is 5.90. The van der Waals surface area contributed by atoms with E-state index in [1.54, 1.807) is 0 Å². The van der Waals surface area contributed by atoms with Crippen LogP contribution in [0.2, 0.25) is 0 Å². The molecule has 0 amide bonds. The number of halogens is 5. The molecule has 0 saturated carbocycles. The summed E-state index contributed by atoms with van der Waals surface area (Å²) >= 11 is 0. The van der Waals surface area contributed by atoms with Gasteiger partial charge in [-0.25, -0.2) is 0 Å². The monoisotopic (exact) mass is 234 g/mol. The molecular formula is C6H7F5N2S. The number of nitrogen functional groups attached to an aromatic ring is 2. The maximum Gasteiger partial charge on any atom is 0.312 e. The van der Waals surface area contributed by atoms with Crippen molar-refractivity contribution in [2.75, 3.05) is 11.5 Å². The molecule has 4 N–H and O–H groups in total. The second-order valence-electron chi connectivity index (χ2n) is 2.77. The van der Waals surface area contributed by atoms with E-state index >= 15 is 0 Å². The number of hydrogen-bond acceptors (Lipinski definition) is 2. The maximum atomic E-state index is 12.2. The highest BCUT2D eigenvalue weighted by Gasteiger charge is 2.66. The van der Waals surface area contributed by atoms with Crippen LogP contribution in [-0.2, 0) is 0 Å². The van der Waals surface area contributed by atoms with E-state index in [0.29, 0.717) is 6.07 Å². The van der Waals surface area contributed by atoms with Crippen molar-refractivity contribution >= 4 is 21.6 Å². The largest absolute Gasteiger partial charge is 0.399 e. The van der Waals surface area contributed by atoms with Gasteiger partial charge in [0.25, 0.3) is 0 Å². The van der Waals surface area contributed by atoms with Gasteiger partial charge in [0.1, 0.15) is 4.90 Å². The van der Waals surface area contributed by atoms with E-state index in [9.17, 15) is 19.4 Å². The van der Waals surface area contributed by atoms with Crippen LogP contribution in [-0.4, -0.2) is 0 Å². The summed E-state index contributed by atoms with van der Waals surface area (Å²) < 4.78 is 61.1. The zero-order valence-corrected chi connectivity index (χ0v) is 7.50. The van der Waals surface area contributed by atoms with Gasteiger partial charge in [-0.05, 0) is 18.2 Å². The molecule has 0 heterocycles. The summed E-state index contributed by atoms with van der Waals surface area (Å²) in [5.74, 6) is 0. The molecule has 0 radical (unpaired) electrons. The summed E-state index contributed by atoms with van der Waals surface area (Å²) in [4.78, 5) is -2.10. The van der Waals surface area contributed by atoms with Gasteiger partial charge in [-0.2, -0.15) is 0 Å². The standard InChI is InChI=1S/C6H7F5N2S/c7-14(8,9,10,11)6-2-1-4(12)3-5(6)13/h1-3H,12-13H2. The summed E-state index contributed by atoms with van der Waals surface area (Å²) in [6.07, 6.45) is 0. The summed E-state index contributed by atoms with van der Waals surface area (Å²) in [5.41, 5.74) is 8.74. The Hall–Kier alpha value is -1.18. The molecule has 1 aromatic rings. The van der Waals surface area contributed by atoms with Crippen LogP contribution in [0.25, 0.3) is 0 Å². The van der Waals surface area contributed by atoms with Gasteiger partial charge in [0.15, 0.2) is 0 Å². The lowest BCUT2D eigenvalue weighted by Gasteiger charge is -2.41. The zero-order valence-electron chi connectivity index (χ0n) is 6.68. The molecule has 0 fully saturated rings. The van der Waals surface area contributed by atoms with Crippen LogP contribution in [0.3, 0.4) is 0 Å². The SMILES string of the molecule is Nc1ccc(S(F)(F)(F)(F)F)c(N)c1. The Balaban J connectivity index is 3.51. The van der Waals surface area contributed by atoms with E-state index in [1.165, 1.54) is 0 Å². The Morgan fingerprint density at radius 2 is 1.43 bits per heavy atom. The summed E-state index contributed by atoms with van der Waals surface area (Å²) in [7, 11) is -9.68. The van der Waals surface area contributed by atoms with E-state index in [2.05, 4.69) is 0 Å². The Morgan fingerprint density at radius 1 is 0.929 bits per heavy atom. The fourth-order valence-electron chi connectivity index (χ4n) is 0.918. The Kier molecular flexibility index (Phi) is 1.62. The van der Waals surface area contributed by atoms with E-state index < -0.39 is 20.8 Å². The highest BCUT2D eigenvalue weighted by Crippen LogP contribution is 3.02. The van der Waals surface area contributed by atoms with Gasteiger partial charge in [-0.3, -0.25) is 0 Å². The van der Waals surface area contributed by atoms with Gasteiger partial charge in [-0.15, -0.1) is 0 Å². The number of rotatable bonds is 1. The van der Waals surface area contributed by atoms with E-state index in [1.807, 2.05) is 0 Å². The van der Waals surface area contributed by atoms with Crippen LogP contribution in [0.1, 0.15) is 0 Å². The van der Waals surface area contributed by atoms with Crippen molar-refractivity contribution in [3.8, 4) is 0 Å². The van der Waals surface area contributed by atoms with E-state index in [0.717, 1.165) is 6.07 Å². The molecule has 0 unspecified atom stereocenters. The van der Waals surface area contributed by atoms with Gasteiger partial charge in [-0.1, -0.05) is 19.4 Å². The van der Waals surface area contributed by atoms with E-state index in [4.69, 9.17) is 11.5 Å². The lowest BCUT2D eigenvalue weighted by atomic mass is 10.3. The second kappa shape index (κ2) is 2.08. The molecular weight excluding hydrogens is 227 g/mol. The molecule has 0 bridgehead atoms. The second-order valence-corrected chi connectivity index (χ2v) is 5.14. The number of nitrogens with two attached hydrogens (primary N) is 2. The van der Waals surface area contributed by atoms with Gasteiger partial charge >= 0.3 is 10.2 Å². The molecule has 2 nitrogen and oxygen atoms in total. The number of benzene rings is 1. The van der Waals surface area contributed by atoms with Gasteiger partial charge in [0.2, 0.25) is 0 Å². The molecule has 1 aromatic carbocycles. The minimum Gasteiger partial charge on any atom is -0.399 e. The zero-order chi connectivity index (χ0) is 11.3. The molecule has 0 aliphatic rings. The van der Waals surface area contributed by atoms with Crippen molar-refractivity contribution in [1.82, 2.24) is 0 Å². The maximum absolute atomic E-state index is 12.2. The third-order valence-corrected chi connectivity index (χ3v) is 2.65. The first kappa shape index (κ1) is 10.9. The molecule has 0 spiro atoms. The van der Waals surface area contributed by atoms with Gasteiger partial charge in [0.05, 0.1) is 5.69 Å². The molecule has 82 valence electrons. The van der Waals surface area contributed by atoms with Crippen molar-refractivity contribution in [3.63, 3.8) is 0 Å². The van der Waals surface area contributed by atoms with Crippen molar-refractivity contribution in [2.45, 2.75) is 4.90 Å². The summed E-state index contributed by atoms with van der Waals surface area (Å²) in [6.45, 7) is 0. The fourth-order valence-corrected chi connectivity index (χ4v) is 1.75. The molecule has 0 saturated heterocycles. The minimum absolute atomic E-state index is 0.104. The molecule has 0 aliphatic carbocycles. The van der Waals surface area contributed by atoms with Crippen LogP contribution in [0.4, 0.5) is 30.8 Å². The summed E-state index contributed by atoms with van der Waals surface area (Å²) in [6, 6.07) is 1.56. The lowest BCUT2D eigenvalue weighted by Crippen LogP contribution is -2.09. The van der Waals surface area contributed by atoms with E-state index in [-0.39, 0.29) is 11.8 Å². The molecule has 0 atom stereocenters. The molecule has 0 aliphatic heterocycles. The minimum atomic E-state index is -9.68. The Morgan fingerprint density at radius 3 is 1.79 bits per heavy atom. The van der Waals surface area contributed by atoms with Crippen molar-refractivity contribution in [2.24, 2.45) is 0 Å². The van der Waals surface area contributed by atoms with Crippen LogP contribution >= 0.6 is 10.2 Å².